The summed E-state index contributed by atoms with van der Waals surface area (Å²) < 4.78 is 4.94. The fraction of sp³-hybridized carbons (Fsp3) is 0.600. The van der Waals surface area contributed by atoms with E-state index < -0.39 is 0 Å². The van der Waals surface area contributed by atoms with Crippen LogP contribution in [0.1, 0.15) is 17.1 Å². The Morgan fingerprint density at radius 1 is 1.56 bits per heavy atom. The number of hydrogen-bond acceptors (Lipinski definition) is 4. The van der Waals surface area contributed by atoms with Crippen molar-refractivity contribution in [3.05, 3.63) is 16.1 Å². The van der Waals surface area contributed by atoms with Gasteiger partial charge in [-0.05, 0) is 25.6 Å². The number of aromatic nitrogens is 1. The number of thiocarbonyl (C=S) groups is 1. The third kappa shape index (κ3) is 5.39. The number of thiazole rings is 1. The quantitative estimate of drug-likeness (QED) is 0.598. The van der Waals surface area contributed by atoms with Crippen LogP contribution in [0.15, 0.2) is 5.38 Å². The van der Waals surface area contributed by atoms with Gasteiger partial charge in [0.1, 0.15) is 0 Å². The van der Waals surface area contributed by atoms with Crippen molar-refractivity contribution in [1.82, 2.24) is 15.6 Å². The number of aryl methyl sites for hydroxylation is 1. The molecule has 0 radical (unpaired) electrons. The maximum Gasteiger partial charge on any atom is 0.166 e. The molecule has 0 spiro atoms. The van der Waals surface area contributed by atoms with Crippen LogP contribution in [0.5, 0.6) is 0 Å². The second-order valence-electron chi connectivity index (χ2n) is 3.31. The third-order valence-electron chi connectivity index (χ3n) is 1.91. The van der Waals surface area contributed by atoms with E-state index in [1.54, 1.807) is 18.4 Å². The summed E-state index contributed by atoms with van der Waals surface area (Å²) in [5.41, 5.74) is 1.03. The van der Waals surface area contributed by atoms with Gasteiger partial charge in [0.2, 0.25) is 0 Å². The van der Waals surface area contributed by atoms with Crippen LogP contribution in [0, 0.1) is 6.92 Å². The summed E-state index contributed by atoms with van der Waals surface area (Å²) in [5.74, 6) is 0. The maximum absolute atomic E-state index is 5.12. The van der Waals surface area contributed by atoms with Crippen molar-refractivity contribution in [2.75, 3.05) is 20.3 Å². The van der Waals surface area contributed by atoms with Gasteiger partial charge in [0.15, 0.2) is 5.11 Å². The predicted octanol–water partition coefficient (Wildman–Crippen LogP) is 1.45. The molecule has 0 atom stereocenters. The molecule has 1 rings (SSSR count). The monoisotopic (exact) mass is 259 g/mol. The summed E-state index contributed by atoms with van der Waals surface area (Å²) in [7, 11) is 1.70. The molecule has 2 N–H and O–H groups in total. The Morgan fingerprint density at radius 3 is 3.00 bits per heavy atom. The molecule has 0 saturated carbocycles. The molecule has 1 aromatic heterocycles. The Balaban J connectivity index is 2.10. The van der Waals surface area contributed by atoms with Gasteiger partial charge in [-0.15, -0.1) is 11.3 Å². The van der Waals surface area contributed by atoms with Gasteiger partial charge in [0, 0.05) is 25.6 Å². The Labute approximate surface area is 105 Å². The zero-order chi connectivity index (χ0) is 11.8. The highest BCUT2D eigenvalue weighted by atomic mass is 32.1. The minimum absolute atomic E-state index is 0.668. The summed E-state index contributed by atoms with van der Waals surface area (Å²) in [4.78, 5) is 4.34. The van der Waals surface area contributed by atoms with E-state index in [4.69, 9.17) is 17.0 Å². The number of methoxy groups -OCH3 is 1. The summed E-state index contributed by atoms with van der Waals surface area (Å²) in [6.07, 6.45) is 0.953. The first-order valence-corrected chi connectivity index (χ1v) is 6.43. The fourth-order valence-electron chi connectivity index (χ4n) is 1.14. The molecule has 0 aliphatic rings. The topological polar surface area (TPSA) is 46.2 Å². The van der Waals surface area contributed by atoms with Crippen LogP contribution in [0.25, 0.3) is 0 Å². The molecule has 1 aromatic rings. The van der Waals surface area contributed by atoms with Gasteiger partial charge in [-0.25, -0.2) is 4.98 Å². The van der Waals surface area contributed by atoms with Crippen LogP contribution in [0.3, 0.4) is 0 Å². The SMILES string of the molecule is COCCCNC(=S)NCc1csc(C)n1. The first-order chi connectivity index (χ1) is 7.72. The van der Waals surface area contributed by atoms with Crippen LogP contribution in [0.2, 0.25) is 0 Å². The van der Waals surface area contributed by atoms with Gasteiger partial charge in [-0.2, -0.15) is 0 Å². The Kier molecular flexibility index (Phi) is 6.29. The lowest BCUT2D eigenvalue weighted by molar-refractivity contribution is 0.195. The van der Waals surface area contributed by atoms with Crippen LogP contribution in [-0.2, 0) is 11.3 Å². The summed E-state index contributed by atoms with van der Waals surface area (Å²) >= 11 is 6.77. The van der Waals surface area contributed by atoms with Crippen molar-refractivity contribution in [2.24, 2.45) is 0 Å². The summed E-state index contributed by atoms with van der Waals surface area (Å²) in [5, 5.41) is 10.0. The highest BCUT2D eigenvalue weighted by Gasteiger charge is 1.99. The standard InChI is InChI=1S/C10H17N3OS2/c1-8-13-9(7-16-8)6-12-10(15)11-4-3-5-14-2/h7H,3-6H2,1-2H3,(H2,11,12,15). The highest BCUT2D eigenvalue weighted by Crippen LogP contribution is 2.06. The van der Waals surface area contributed by atoms with Gasteiger partial charge < -0.3 is 15.4 Å². The molecular weight excluding hydrogens is 242 g/mol. The van der Waals surface area contributed by atoms with Crippen molar-refractivity contribution in [1.29, 1.82) is 0 Å². The molecule has 0 amide bonds. The number of rotatable bonds is 6. The van der Waals surface area contributed by atoms with Crippen molar-refractivity contribution < 1.29 is 4.74 Å². The van der Waals surface area contributed by atoms with Crippen LogP contribution in [0.4, 0.5) is 0 Å². The van der Waals surface area contributed by atoms with Gasteiger partial charge in [-0.1, -0.05) is 0 Å². The number of nitrogens with zero attached hydrogens (tertiary/aromatic N) is 1. The molecule has 0 fully saturated rings. The molecule has 90 valence electrons. The maximum atomic E-state index is 5.12. The molecule has 0 unspecified atom stereocenters. The van der Waals surface area contributed by atoms with Gasteiger partial charge in [0.05, 0.1) is 17.2 Å². The second kappa shape index (κ2) is 7.54. The highest BCUT2D eigenvalue weighted by molar-refractivity contribution is 7.80. The Morgan fingerprint density at radius 2 is 2.38 bits per heavy atom. The Hall–Kier alpha value is -0.720. The van der Waals surface area contributed by atoms with E-state index in [9.17, 15) is 0 Å². The molecule has 0 aromatic carbocycles. The van der Waals surface area contributed by atoms with Gasteiger partial charge in [0.25, 0.3) is 0 Å². The lowest BCUT2D eigenvalue weighted by Crippen LogP contribution is -2.35. The van der Waals surface area contributed by atoms with Gasteiger partial charge in [-0.3, -0.25) is 0 Å². The van der Waals surface area contributed by atoms with E-state index >= 15 is 0 Å². The average molecular weight is 259 g/mol. The minimum atomic E-state index is 0.668. The van der Waals surface area contributed by atoms with Crippen molar-refractivity contribution in [3.8, 4) is 0 Å². The van der Waals surface area contributed by atoms with Crippen molar-refractivity contribution >= 4 is 28.7 Å². The molecule has 4 nitrogen and oxygen atoms in total. The van der Waals surface area contributed by atoms with Crippen LogP contribution < -0.4 is 10.6 Å². The van der Waals surface area contributed by atoms with Gasteiger partial charge >= 0.3 is 0 Å². The average Bonchev–Trinajstić information content (AvgIpc) is 2.68. The minimum Gasteiger partial charge on any atom is -0.385 e. The van der Waals surface area contributed by atoms with Crippen molar-refractivity contribution in [3.63, 3.8) is 0 Å². The third-order valence-corrected chi connectivity index (χ3v) is 3.02. The molecule has 16 heavy (non-hydrogen) atoms. The zero-order valence-corrected chi connectivity index (χ0v) is 11.2. The first kappa shape index (κ1) is 13.3. The van der Waals surface area contributed by atoms with E-state index in [-0.39, 0.29) is 0 Å². The smallest absolute Gasteiger partial charge is 0.166 e. The molecule has 6 heteroatoms. The molecule has 0 bridgehead atoms. The van der Waals surface area contributed by atoms with Crippen molar-refractivity contribution in [2.45, 2.75) is 19.9 Å². The fourth-order valence-corrected chi connectivity index (χ4v) is 1.93. The van der Waals surface area contributed by atoms with E-state index in [1.807, 2.05) is 12.3 Å². The predicted molar refractivity (Wildman–Crippen MR) is 70.8 cm³/mol. The lowest BCUT2D eigenvalue weighted by atomic mass is 10.4. The summed E-state index contributed by atoms with van der Waals surface area (Å²) in [6, 6.07) is 0. The molecular formula is C10H17N3OS2. The number of ether oxygens (including phenoxy) is 1. The van der Waals surface area contributed by atoms with E-state index in [0.717, 1.165) is 30.3 Å². The van der Waals surface area contributed by atoms with E-state index in [1.165, 1.54) is 0 Å². The van der Waals surface area contributed by atoms with E-state index in [2.05, 4.69) is 15.6 Å². The molecule has 0 aliphatic heterocycles. The zero-order valence-electron chi connectivity index (χ0n) is 9.58. The lowest BCUT2D eigenvalue weighted by Gasteiger charge is -2.08. The number of nitrogens with one attached hydrogen (secondary N) is 2. The first-order valence-electron chi connectivity index (χ1n) is 5.14. The second-order valence-corrected chi connectivity index (χ2v) is 4.78. The number of hydrogen-bond donors (Lipinski definition) is 2. The summed E-state index contributed by atoms with van der Waals surface area (Å²) in [6.45, 7) is 4.26. The van der Waals surface area contributed by atoms with Crippen LogP contribution >= 0.6 is 23.6 Å². The Bertz CT molecular complexity index is 328. The molecule has 1 heterocycles. The van der Waals surface area contributed by atoms with E-state index in [0.29, 0.717) is 11.7 Å². The molecule has 0 saturated heterocycles. The largest absolute Gasteiger partial charge is 0.385 e. The molecule has 0 aliphatic carbocycles. The van der Waals surface area contributed by atoms with Crippen LogP contribution in [-0.4, -0.2) is 30.4 Å². The normalized spacial score (nSPS) is 10.1.